The summed E-state index contributed by atoms with van der Waals surface area (Å²) >= 11 is 0. The van der Waals surface area contributed by atoms with Crippen molar-refractivity contribution in [2.45, 2.75) is 25.4 Å². The predicted octanol–water partition coefficient (Wildman–Crippen LogP) is 1.89. The predicted molar refractivity (Wildman–Crippen MR) is 81.9 cm³/mol. The van der Waals surface area contributed by atoms with Gasteiger partial charge in [0.2, 0.25) is 0 Å². The van der Waals surface area contributed by atoms with Gasteiger partial charge in [0.1, 0.15) is 5.69 Å². The normalized spacial score (nSPS) is 15.3. The van der Waals surface area contributed by atoms with Crippen LogP contribution < -0.4 is 0 Å². The van der Waals surface area contributed by atoms with Gasteiger partial charge in [-0.05, 0) is 24.3 Å². The Morgan fingerprint density at radius 3 is 2.64 bits per heavy atom. The van der Waals surface area contributed by atoms with Crippen molar-refractivity contribution in [2.75, 3.05) is 6.61 Å². The average Bonchev–Trinajstić information content (AvgIpc) is 3.41. The van der Waals surface area contributed by atoms with Gasteiger partial charge in [0.15, 0.2) is 0 Å². The fraction of sp³-hybridized carbons (Fsp3) is 0.353. The summed E-state index contributed by atoms with van der Waals surface area (Å²) < 4.78 is 0. The molecule has 1 saturated carbocycles. The van der Waals surface area contributed by atoms with Crippen LogP contribution in [0.2, 0.25) is 0 Å². The fourth-order valence-corrected chi connectivity index (χ4v) is 2.66. The third-order valence-electron chi connectivity index (χ3n) is 3.99. The molecule has 0 aliphatic heterocycles. The molecule has 1 aliphatic rings. The summed E-state index contributed by atoms with van der Waals surface area (Å²) in [4.78, 5) is 22.6. The standard InChI is InChI=1S/C17H19N3O2/c21-12-16(14-6-7-14)20(11-13-4-2-1-3-5-13)17(22)15-10-18-8-9-19-15/h1-5,8-10,14,16,21H,6-7,11-12H2. The van der Waals surface area contributed by atoms with Crippen molar-refractivity contribution in [1.82, 2.24) is 14.9 Å². The molecule has 0 bridgehead atoms. The molecule has 1 aromatic heterocycles. The first-order valence-corrected chi connectivity index (χ1v) is 7.51. The van der Waals surface area contributed by atoms with Gasteiger partial charge in [0.05, 0.1) is 18.8 Å². The summed E-state index contributed by atoms with van der Waals surface area (Å²) in [5.41, 5.74) is 1.36. The van der Waals surface area contributed by atoms with Gasteiger partial charge in [-0.1, -0.05) is 30.3 Å². The second-order valence-corrected chi connectivity index (χ2v) is 5.60. The highest BCUT2D eigenvalue weighted by atomic mass is 16.3. The number of hydrogen-bond acceptors (Lipinski definition) is 4. The number of carbonyl (C=O) groups is 1. The van der Waals surface area contributed by atoms with Crippen LogP contribution >= 0.6 is 0 Å². The van der Waals surface area contributed by atoms with E-state index < -0.39 is 0 Å². The number of benzene rings is 1. The van der Waals surface area contributed by atoms with Crippen molar-refractivity contribution in [3.05, 3.63) is 60.2 Å². The topological polar surface area (TPSA) is 66.3 Å². The smallest absolute Gasteiger partial charge is 0.274 e. The zero-order valence-electron chi connectivity index (χ0n) is 12.3. The second-order valence-electron chi connectivity index (χ2n) is 5.60. The Kier molecular flexibility index (Phi) is 4.44. The van der Waals surface area contributed by atoms with Gasteiger partial charge >= 0.3 is 0 Å². The third kappa shape index (κ3) is 3.31. The van der Waals surface area contributed by atoms with Crippen LogP contribution in [0, 0.1) is 5.92 Å². The Balaban J connectivity index is 1.86. The highest BCUT2D eigenvalue weighted by Gasteiger charge is 2.37. The molecule has 1 atom stereocenters. The minimum Gasteiger partial charge on any atom is -0.394 e. The van der Waals surface area contributed by atoms with E-state index in [1.807, 2.05) is 30.3 Å². The Morgan fingerprint density at radius 2 is 2.05 bits per heavy atom. The second kappa shape index (κ2) is 6.66. The van der Waals surface area contributed by atoms with Gasteiger partial charge in [-0.15, -0.1) is 0 Å². The van der Waals surface area contributed by atoms with Crippen LogP contribution in [0.3, 0.4) is 0 Å². The molecule has 5 nitrogen and oxygen atoms in total. The molecule has 1 heterocycles. The number of amides is 1. The van der Waals surface area contributed by atoms with E-state index in [2.05, 4.69) is 9.97 Å². The summed E-state index contributed by atoms with van der Waals surface area (Å²) in [7, 11) is 0. The first-order valence-electron chi connectivity index (χ1n) is 7.51. The minimum absolute atomic E-state index is 0.0243. The Morgan fingerprint density at radius 1 is 1.27 bits per heavy atom. The molecule has 114 valence electrons. The molecule has 5 heteroatoms. The summed E-state index contributed by atoms with van der Waals surface area (Å²) in [6, 6.07) is 9.66. The molecule has 1 amide bonds. The quantitative estimate of drug-likeness (QED) is 0.884. The van der Waals surface area contributed by atoms with Crippen molar-refractivity contribution < 1.29 is 9.90 Å². The maximum absolute atomic E-state index is 12.8. The molecule has 1 fully saturated rings. The monoisotopic (exact) mass is 297 g/mol. The lowest BCUT2D eigenvalue weighted by atomic mass is 10.1. The number of aromatic nitrogens is 2. The largest absolute Gasteiger partial charge is 0.394 e. The van der Waals surface area contributed by atoms with E-state index in [1.54, 1.807) is 11.1 Å². The van der Waals surface area contributed by atoms with Crippen molar-refractivity contribution in [2.24, 2.45) is 5.92 Å². The number of rotatable bonds is 6. The van der Waals surface area contributed by atoms with Gasteiger partial charge in [0.25, 0.3) is 5.91 Å². The number of nitrogens with zero attached hydrogens (tertiary/aromatic N) is 3. The molecular weight excluding hydrogens is 278 g/mol. The molecule has 3 rings (SSSR count). The lowest BCUT2D eigenvalue weighted by Crippen LogP contribution is -2.43. The first kappa shape index (κ1) is 14.7. The van der Waals surface area contributed by atoms with Crippen molar-refractivity contribution >= 4 is 5.91 Å². The van der Waals surface area contributed by atoms with Crippen molar-refractivity contribution in [1.29, 1.82) is 0 Å². The van der Waals surface area contributed by atoms with Crippen LogP contribution in [0.25, 0.3) is 0 Å². The van der Waals surface area contributed by atoms with E-state index >= 15 is 0 Å². The van der Waals surface area contributed by atoms with Crippen LogP contribution in [-0.2, 0) is 6.54 Å². The Bertz CT molecular complexity index is 614. The molecule has 1 N–H and O–H groups in total. The number of aliphatic hydroxyl groups is 1. The molecule has 1 aromatic carbocycles. The van der Waals surface area contributed by atoms with E-state index in [0.29, 0.717) is 18.2 Å². The zero-order chi connectivity index (χ0) is 15.4. The summed E-state index contributed by atoms with van der Waals surface area (Å²) in [5, 5.41) is 9.75. The van der Waals surface area contributed by atoms with E-state index in [9.17, 15) is 9.90 Å². The molecule has 22 heavy (non-hydrogen) atoms. The van der Waals surface area contributed by atoms with Gasteiger partial charge in [-0.3, -0.25) is 9.78 Å². The minimum atomic E-state index is -0.178. The SMILES string of the molecule is O=C(c1cnccn1)N(Cc1ccccc1)C(CO)C1CC1. The van der Waals surface area contributed by atoms with E-state index in [0.717, 1.165) is 18.4 Å². The van der Waals surface area contributed by atoms with Crippen LogP contribution in [0.4, 0.5) is 0 Å². The Hall–Kier alpha value is -2.27. The lowest BCUT2D eigenvalue weighted by molar-refractivity contribution is 0.0525. The number of aliphatic hydroxyl groups excluding tert-OH is 1. The molecule has 1 aliphatic carbocycles. The van der Waals surface area contributed by atoms with E-state index in [4.69, 9.17) is 0 Å². The highest BCUT2D eigenvalue weighted by Crippen LogP contribution is 2.36. The summed E-state index contributed by atoms with van der Waals surface area (Å²) in [5.74, 6) is 0.206. The van der Waals surface area contributed by atoms with Gasteiger partial charge in [0, 0.05) is 18.9 Å². The number of carbonyl (C=O) groups excluding carboxylic acids is 1. The van der Waals surface area contributed by atoms with Gasteiger partial charge in [-0.2, -0.15) is 0 Å². The molecule has 0 saturated heterocycles. The van der Waals surface area contributed by atoms with Gasteiger partial charge < -0.3 is 10.0 Å². The number of hydrogen-bond donors (Lipinski definition) is 1. The lowest BCUT2D eigenvalue weighted by Gasteiger charge is -2.30. The van der Waals surface area contributed by atoms with Crippen LogP contribution in [0.1, 0.15) is 28.9 Å². The van der Waals surface area contributed by atoms with Crippen LogP contribution in [0.5, 0.6) is 0 Å². The Labute approximate surface area is 129 Å². The maximum Gasteiger partial charge on any atom is 0.274 e. The summed E-state index contributed by atoms with van der Waals surface area (Å²) in [6.07, 6.45) is 6.65. The van der Waals surface area contributed by atoms with Crippen molar-refractivity contribution in [3.63, 3.8) is 0 Å². The first-order chi connectivity index (χ1) is 10.8. The zero-order valence-corrected chi connectivity index (χ0v) is 12.3. The van der Waals surface area contributed by atoms with E-state index in [-0.39, 0.29) is 18.6 Å². The maximum atomic E-state index is 12.8. The highest BCUT2D eigenvalue weighted by molar-refractivity contribution is 5.92. The fourth-order valence-electron chi connectivity index (χ4n) is 2.66. The molecular formula is C17H19N3O2. The average molecular weight is 297 g/mol. The molecule has 0 radical (unpaired) electrons. The molecule has 0 spiro atoms. The van der Waals surface area contributed by atoms with Crippen LogP contribution in [-0.4, -0.2) is 38.5 Å². The molecule has 2 aromatic rings. The van der Waals surface area contributed by atoms with Crippen molar-refractivity contribution in [3.8, 4) is 0 Å². The van der Waals surface area contributed by atoms with Gasteiger partial charge in [-0.25, -0.2) is 4.98 Å². The molecule has 1 unspecified atom stereocenters. The van der Waals surface area contributed by atoms with E-state index in [1.165, 1.54) is 12.4 Å². The van der Waals surface area contributed by atoms with Crippen LogP contribution in [0.15, 0.2) is 48.9 Å². The third-order valence-corrected chi connectivity index (χ3v) is 3.99. The summed E-state index contributed by atoms with van der Waals surface area (Å²) in [6.45, 7) is 0.446.